The van der Waals surface area contributed by atoms with Crippen LogP contribution in [0.2, 0.25) is 0 Å². The molecular weight excluding hydrogens is 330 g/mol. The molecule has 1 aliphatic carbocycles. The van der Waals surface area contributed by atoms with Crippen molar-refractivity contribution in [3.63, 3.8) is 0 Å². The van der Waals surface area contributed by atoms with Gasteiger partial charge in [-0.15, -0.1) is 0 Å². The van der Waals surface area contributed by atoms with Gasteiger partial charge in [-0.3, -0.25) is 9.59 Å². The predicted molar refractivity (Wildman–Crippen MR) is 99.2 cm³/mol. The number of carbonyl (C=O) groups is 2. The first kappa shape index (κ1) is 17.9. The van der Waals surface area contributed by atoms with Crippen molar-refractivity contribution in [2.45, 2.75) is 40.5 Å². The average molecular weight is 353 g/mol. The van der Waals surface area contributed by atoms with Crippen molar-refractivity contribution >= 4 is 17.5 Å². The SMILES string of the molecule is Cc1ccccc1C(=O)N/N=C1\CC(C)(C)Cc2oc(C(N)=O)c(C)c21. The van der Waals surface area contributed by atoms with Crippen molar-refractivity contribution in [1.29, 1.82) is 0 Å². The van der Waals surface area contributed by atoms with Crippen LogP contribution in [-0.4, -0.2) is 17.5 Å². The summed E-state index contributed by atoms with van der Waals surface area (Å²) in [5, 5.41) is 4.38. The number of benzene rings is 1. The first-order valence-corrected chi connectivity index (χ1v) is 8.54. The molecule has 136 valence electrons. The fourth-order valence-corrected chi connectivity index (χ4v) is 3.45. The Labute approximate surface area is 152 Å². The molecule has 0 spiro atoms. The molecule has 1 heterocycles. The Morgan fingerprint density at radius 3 is 2.54 bits per heavy atom. The smallest absolute Gasteiger partial charge is 0.284 e. The second-order valence-corrected chi connectivity index (χ2v) is 7.55. The van der Waals surface area contributed by atoms with E-state index >= 15 is 0 Å². The van der Waals surface area contributed by atoms with Crippen molar-refractivity contribution in [2.75, 3.05) is 0 Å². The van der Waals surface area contributed by atoms with Gasteiger partial charge in [0.25, 0.3) is 11.8 Å². The third kappa shape index (κ3) is 3.27. The standard InChI is InChI=1S/C20H23N3O3/c1-11-7-5-6-8-13(11)19(25)23-22-14-9-20(3,4)10-15-16(14)12(2)17(26-15)18(21)24/h5-8H,9-10H2,1-4H3,(H2,21,24)(H,23,25)/b22-14+. The number of furan rings is 1. The highest BCUT2D eigenvalue weighted by molar-refractivity contribution is 6.07. The number of nitrogens with two attached hydrogens (primary N) is 1. The molecule has 0 radical (unpaired) electrons. The van der Waals surface area contributed by atoms with Gasteiger partial charge in [-0.25, -0.2) is 5.43 Å². The van der Waals surface area contributed by atoms with Gasteiger partial charge in [0.1, 0.15) is 5.76 Å². The molecule has 26 heavy (non-hydrogen) atoms. The molecule has 0 fully saturated rings. The Bertz CT molecular complexity index is 922. The summed E-state index contributed by atoms with van der Waals surface area (Å²) >= 11 is 0. The Kier molecular flexibility index (Phi) is 4.44. The van der Waals surface area contributed by atoms with Crippen LogP contribution < -0.4 is 11.2 Å². The fraction of sp³-hybridized carbons (Fsp3) is 0.350. The summed E-state index contributed by atoms with van der Waals surface area (Å²) in [7, 11) is 0. The quantitative estimate of drug-likeness (QED) is 0.830. The first-order valence-electron chi connectivity index (χ1n) is 8.54. The highest BCUT2D eigenvalue weighted by atomic mass is 16.4. The zero-order valence-electron chi connectivity index (χ0n) is 15.5. The highest BCUT2D eigenvalue weighted by Crippen LogP contribution is 2.38. The number of aryl methyl sites for hydroxylation is 1. The third-order valence-corrected chi connectivity index (χ3v) is 4.70. The average Bonchev–Trinajstić information content (AvgIpc) is 2.88. The van der Waals surface area contributed by atoms with E-state index in [4.69, 9.17) is 10.2 Å². The van der Waals surface area contributed by atoms with Crippen molar-refractivity contribution in [2.24, 2.45) is 16.3 Å². The van der Waals surface area contributed by atoms with E-state index in [1.807, 2.05) is 25.1 Å². The molecule has 3 rings (SSSR count). The lowest BCUT2D eigenvalue weighted by atomic mass is 9.75. The second kappa shape index (κ2) is 6.44. The van der Waals surface area contributed by atoms with Crippen LogP contribution >= 0.6 is 0 Å². The second-order valence-electron chi connectivity index (χ2n) is 7.55. The van der Waals surface area contributed by atoms with E-state index in [0.717, 1.165) is 11.1 Å². The van der Waals surface area contributed by atoms with Crippen molar-refractivity contribution in [3.8, 4) is 0 Å². The van der Waals surface area contributed by atoms with Crippen LogP contribution in [0.15, 0.2) is 33.8 Å². The molecule has 1 aromatic carbocycles. The van der Waals surface area contributed by atoms with Crippen LogP contribution in [0, 0.1) is 19.3 Å². The molecule has 1 aromatic heterocycles. The molecule has 0 aliphatic heterocycles. The van der Waals surface area contributed by atoms with E-state index < -0.39 is 5.91 Å². The Morgan fingerprint density at radius 1 is 1.19 bits per heavy atom. The number of rotatable bonds is 3. The van der Waals surface area contributed by atoms with E-state index in [0.29, 0.717) is 35.4 Å². The molecule has 2 aromatic rings. The van der Waals surface area contributed by atoms with Crippen LogP contribution in [0.5, 0.6) is 0 Å². The molecule has 1 aliphatic rings. The van der Waals surface area contributed by atoms with Crippen LogP contribution in [0.1, 0.15) is 63.6 Å². The van der Waals surface area contributed by atoms with Gasteiger partial charge in [0.15, 0.2) is 5.76 Å². The molecule has 3 N–H and O–H groups in total. The normalized spacial score (nSPS) is 17.0. The van der Waals surface area contributed by atoms with Gasteiger partial charge in [-0.05, 0) is 37.3 Å². The largest absolute Gasteiger partial charge is 0.455 e. The number of nitrogens with zero attached hydrogens (tertiary/aromatic N) is 1. The maximum atomic E-state index is 12.5. The van der Waals surface area contributed by atoms with Gasteiger partial charge in [0, 0.05) is 23.1 Å². The fourth-order valence-electron chi connectivity index (χ4n) is 3.45. The summed E-state index contributed by atoms with van der Waals surface area (Å²) in [5.41, 5.74) is 11.6. The molecule has 0 bridgehead atoms. The van der Waals surface area contributed by atoms with Gasteiger partial charge in [-0.2, -0.15) is 5.10 Å². The topological polar surface area (TPSA) is 97.7 Å². The molecule has 2 amide bonds. The van der Waals surface area contributed by atoms with Crippen molar-refractivity contribution < 1.29 is 14.0 Å². The Morgan fingerprint density at radius 2 is 1.88 bits per heavy atom. The lowest BCUT2D eigenvalue weighted by molar-refractivity contribution is 0.0951. The summed E-state index contributed by atoms with van der Waals surface area (Å²) in [4.78, 5) is 24.1. The minimum Gasteiger partial charge on any atom is -0.455 e. The van der Waals surface area contributed by atoms with Crippen LogP contribution in [0.4, 0.5) is 0 Å². The lowest BCUT2D eigenvalue weighted by Gasteiger charge is -2.29. The van der Waals surface area contributed by atoms with E-state index in [-0.39, 0.29) is 17.1 Å². The zero-order valence-corrected chi connectivity index (χ0v) is 15.5. The minimum atomic E-state index is -0.599. The lowest BCUT2D eigenvalue weighted by Crippen LogP contribution is -2.29. The predicted octanol–water partition coefficient (Wildman–Crippen LogP) is 3.10. The number of nitrogens with one attached hydrogen (secondary N) is 1. The molecule has 6 heteroatoms. The van der Waals surface area contributed by atoms with E-state index in [2.05, 4.69) is 24.4 Å². The summed E-state index contributed by atoms with van der Waals surface area (Å²) in [5.74, 6) is -0.0168. The summed E-state index contributed by atoms with van der Waals surface area (Å²) in [6.45, 7) is 7.86. The first-order chi connectivity index (χ1) is 12.2. The molecule has 6 nitrogen and oxygen atoms in total. The molecule has 0 atom stereocenters. The van der Waals surface area contributed by atoms with Gasteiger partial charge < -0.3 is 10.2 Å². The van der Waals surface area contributed by atoms with Crippen molar-refractivity contribution in [3.05, 3.63) is 58.0 Å². The maximum absolute atomic E-state index is 12.5. The van der Waals surface area contributed by atoms with Crippen LogP contribution in [0.3, 0.4) is 0 Å². The summed E-state index contributed by atoms with van der Waals surface area (Å²) in [6, 6.07) is 7.34. The van der Waals surface area contributed by atoms with Crippen LogP contribution in [0.25, 0.3) is 0 Å². The van der Waals surface area contributed by atoms with Gasteiger partial charge in [-0.1, -0.05) is 32.0 Å². The van der Waals surface area contributed by atoms with E-state index in [1.165, 1.54) is 0 Å². The number of fused-ring (bicyclic) bond motifs is 1. The number of hydrogen-bond acceptors (Lipinski definition) is 4. The number of hydrogen-bond donors (Lipinski definition) is 2. The molecular formula is C20H23N3O3. The molecule has 0 saturated carbocycles. The Hall–Kier alpha value is -2.89. The Balaban J connectivity index is 1.97. The van der Waals surface area contributed by atoms with Crippen LogP contribution in [-0.2, 0) is 6.42 Å². The third-order valence-electron chi connectivity index (χ3n) is 4.70. The van der Waals surface area contributed by atoms with Crippen molar-refractivity contribution in [1.82, 2.24) is 5.43 Å². The number of hydrazone groups is 1. The summed E-state index contributed by atoms with van der Waals surface area (Å²) < 4.78 is 5.71. The number of amides is 2. The maximum Gasteiger partial charge on any atom is 0.284 e. The summed E-state index contributed by atoms with van der Waals surface area (Å²) in [6.07, 6.45) is 1.34. The molecule has 0 unspecified atom stereocenters. The van der Waals surface area contributed by atoms with E-state index in [1.54, 1.807) is 13.0 Å². The molecule has 0 saturated heterocycles. The van der Waals surface area contributed by atoms with E-state index in [9.17, 15) is 9.59 Å². The minimum absolute atomic E-state index is 0.0988. The van der Waals surface area contributed by atoms with Gasteiger partial charge in [0.05, 0.1) is 5.71 Å². The number of primary amides is 1. The monoisotopic (exact) mass is 353 g/mol. The van der Waals surface area contributed by atoms with Gasteiger partial charge in [0.2, 0.25) is 0 Å². The zero-order chi connectivity index (χ0) is 19.1. The highest BCUT2D eigenvalue weighted by Gasteiger charge is 2.35. The number of carbonyl (C=O) groups excluding carboxylic acids is 2. The van der Waals surface area contributed by atoms with Gasteiger partial charge >= 0.3 is 0 Å².